The molecule has 0 aliphatic carbocycles. The van der Waals surface area contributed by atoms with E-state index in [-0.39, 0.29) is 6.61 Å². The zero-order valence-corrected chi connectivity index (χ0v) is 10.4. The highest BCUT2D eigenvalue weighted by Crippen LogP contribution is 2.31. The van der Waals surface area contributed by atoms with Gasteiger partial charge in [0.1, 0.15) is 5.56 Å². The molecule has 0 bridgehead atoms. The first-order valence-electron chi connectivity index (χ1n) is 5.68. The van der Waals surface area contributed by atoms with Crippen LogP contribution in [0.3, 0.4) is 0 Å². The first-order chi connectivity index (χ1) is 9.43. The summed E-state index contributed by atoms with van der Waals surface area (Å²) in [6.07, 6.45) is -0.918. The minimum Gasteiger partial charge on any atom is -0.462 e. The molecule has 0 aliphatic rings. The lowest BCUT2D eigenvalue weighted by Crippen LogP contribution is -2.14. The summed E-state index contributed by atoms with van der Waals surface area (Å²) < 4.78 is 44.2. The Kier molecular flexibility index (Phi) is 3.73. The second-order valence-electron chi connectivity index (χ2n) is 3.76. The Morgan fingerprint density at radius 1 is 1.35 bits per heavy atom. The third-order valence-corrected chi connectivity index (χ3v) is 2.41. The molecule has 2 aromatic heterocycles. The Morgan fingerprint density at radius 3 is 2.55 bits per heavy atom. The summed E-state index contributed by atoms with van der Waals surface area (Å²) in [6.45, 7) is 1.50. The predicted molar refractivity (Wildman–Crippen MR) is 62.3 cm³/mol. The fourth-order valence-electron chi connectivity index (χ4n) is 1.57. The van der Waals surface area contributed by atoms with Gasteiger partial charge in [-0.1, -0.05) is 0 Å². The average Bonchev–Trinajstić information content (AvgIpc) is 2.85. The maximum absolute atomic E-state index is 12.9. The van der Waals surface area contributed by atoms with Crippen LogP contribution in [0.1, 0.15) is 23.0 Å². The van der Waals surface area contributed by atoms with Crippen molar-refractivity contribution >= 4 is 5.97 Å². The zero-order chi connectivity index (χ0) is 14.8. The van der Waals surface area contributed by atoms with E-state index in [1.807, 2.05) is 0 Å². The molecular weight excluding hydrogens is 275 g/mol. The normalized spacial score (nSPS) is 11.4. The van der Waals surface area contributed by atoms with Crippen LogP contribution >= 0.6 is 0 Å². The van der Waals surface area contributed by atoms with Gasteiger partial charge in [0.05, 0.1) is 12.3 Å². The first-order valence-corrected chi connectivity index (χ1v) is 5.68. The molecule has 0 fully saturated rings. The van der Waals surface area contributed by atoms with E-state index in [1.165, 1.54) is 31.5 Å². The van der Waals surface area contributed by atoms with E-state index in [9.17, 15) is 18.0 Å². The van der Waals surface area contributed by atoms with Gasteiger partial charge in [0.2, 0.25) is 0 Å². The van der Waals surface area contributed by atoms with Crippen LogP contribution in [0.2, 0.25) is 0 Å². The number of aromatic nitrogens is 3. The second kappa shape index (κ2) is 5.32. The molecule has 106 valence electrons. The van der Waals surface area contributed by atoms with Crippen LogP contribution < -0.4 is 0 Å². The van der Waals surface area contributed by atoms with Crippen molar-refractivity contribution in [2.24, 2.45) is 0 Å². The molecule has 0 N–H and O–H groups in total. The van der Waals surface area contributed by atoms with Crippen LogP contribution in [0.15, 0.2) is 30.7 Å². The van der Waals surface area contributed by atoms with Crippen LogP contribution in [0, 0.1) is 0 Å². The predicted octanol–water partition coefficient (Wildman–Crippen LogP) is 2.46. The number of carbonyl (C=O) groups is 1. The topological polar surface area (TPSA) is 57.0 Å². The molecule has 0 radical (unpaired) electrons. The molecule has 0 unspecified atom stereocenters. The van der Waals surface area contributed by atoms with Crippen molar-refractivity contribution in [2.75, 3.05) is 6.61 Å². The van der Waals surface area contributed by atoms with Crippen LogP contribution in [0.5, 0.6) is 0 Å². The van der Waals surface area contributed by atoms with Crippen molar-refractivity contribution in [1.29, 1.82) is 0 Å². The number of nitrogens with zero attached hydrogens (tertiary/aromatic N) is 3. The number of ether oxygens (including phenoxy) is 1. The highest BCUT2D eigenvalue weighted by atomic mass is 19.4. The highest BCUT2D eigenvalue weighted by molar-refractivity contribution is 5.90. The Hall–Kier alpha value is -2.38. The number of alkyl halides is 3. The van der Waals surface area contributed by atoms with Gasteiger partial charge in [-0.05, 0) is 19.1 Å². The van der Waals surface area contributed by atoms with Gasteiger partial charge < -0.3 is 4.74 Å². The minimum atomic E-state index is -4.74. The molecule has 0 amide bonds. The lowest BCUT2D eigenvalue weighted by Gasteiger charge is -2.05. The van der Waals surface area contributed by atoms with Crippen molar-refractivity contribution < 1.29 is 22.7 Å². The standard InChI is InChI=1S/C12H10F3N3O2/c1-2-20-11(19)9-7-18(8-3-5-16-6-4-8)17-10(9)12(13,14)15/h3-7H,2H2,1H3. The molecule has 2 rings (SSSR count). The van der Waals surface area contributed by atoms with Crippen molar-refractivity contribution in [3.05, 3.63) is 42.0 Å². The van der Waals surface area contributed by atoms with Crippen molar-refractivity contribution in [2.45, 2.75) is 13.1 Å². The number of hydrogen-bond donors (Lipinski definition) is 0. The van der Waals surface area contributed by atoms with E-state index >= 15 is 0 Å². The fourth-order valence-corrected chi connectivity index (χ4v) is 1.57. The summed E-state index contributed by atoms with van der Waals surface area (Å²) in [6, 6.07) is 2.95. The Morgan fingerprint density at radius 2 is 2.00 bits per heavy atom. The van der Waals surface area contributed by atoms with Crippen LogP contribution in [0.4, 0.5) is 13.2 Å². The monoisotopic (exact) mass is 285 g/mol. The summed E-state index contributed by atoms with van der Waals surface area (Å²) in [7, 11) is 0. The molecular formula is C12H10F3N3O2. The van der Waals surface area contributed by atoms with E-state index < -0.39 is 23.4 Å². The lowest BCUT2D eigenvalue weighted by atomic mass is 10.2. The Balaban J connectivity index is 2.50. The summed E-state index contributed by atoms with van der Waals surface area (Å²) in [5.74, 6) is -1.06. The van der Waals surface area contributed by atoms with Gasteiger partial charge in [0, 0.05) is 18.6 Å². The molecule has 5 nitrogen and oxygen atoms in total. The van der Waals surface area contributed by atoms with Crippen molar-refractivity contribution in [3.8, 4) is 5.69 Å². The maximum atomic E-state index is 12.9. The molecule has 0 atom stereocenters. The summed E-state index contributed by atoms with van der Waals surface area (Å²) in [5, 5.41) is 3.42. The van der Waals surface area contributed by atoms with Crippen molar-refractivity contribution in [3.63, 3.8) is 0 Å². The molecule has 2 heterocycles. The Labute approximate surface area is 112 Å². The first kappa shape index (κ1) is 14.0. The summed E-state index contributed by atoms with van der Waals surface area (Å²) in [4.78, 5) is 15.3. The van der Waals surface area contributed by atoms with E-state index in [2.05, 4.69) is 14.8 Å². The Bertz CT molecular complexity index is 608. The third-order valence-electron chi connectivity index (χ3n) is 2.41. The number of hydrogen-bond acceptors (Lipinski definition) is 4. The number of esters is 1. The smallest absolute Gasteiger partial charge is 0.436 e. The van der Waals surface area contributed by atoms with E-state index in [0.29, 0.717) is 5.69 Å². The molecule has 2 aromatic rings. The number of pyridine rings is 1. The van der Waals surface area contributed by atoms with E-state index in [0.717, 1.165) is 10.9 Å². The van der Waals surface area contributed by atoms with Gasteiger partial charge >= 0.3 is 12.1 Å². The summed E-state index contributed by atoms with van der Waals surface area (Å²) >= 11 is 0. The fraction of sp³-hybridized carbons (Fsp3) is 0.250. The molecule has 0 saturated carbocycles. The summed E-state index contributed by atoms with van der Waals surface area (Å²) in [5.41, 5.74) is -1.52. The zero-order valence-electron chi connectivity index (χ0n) is 10.4. The van der Waals surface area contributed by atoms with Gasteiger partial charge in [-0.2, -0.15) is 18.3 Å². The maximum Gasteiger partial charge on any atom is 0.436 e. The number of halogens is 3. The molecule has 0 spiro atoms. The van der Waals surface area contributed by atoms with Gasteiger partial charge in [-0.15, -0.1) is 0 Å². The minimum absolute atomic E-state index is 0.0173. The van der Waals surface area contributed by atoms with Gasteiger partial charge in [-0.3, -0.25) is 4.98 Å². The number of rotatable bonds is 3. The van der Waals surface area contributed by atoms with Crippen LogP contribution in [-0.2, 0) is 10.9 Å². The second-order valence-corrected chi connectivity index (χ2v) is 3.76. The highest BCUT2D eigenvalue weighted by Gasteiger charge is 2.39. The number of carbonyl (C=O) groups excluding carboxylic acids is 1. The van der Waals surface area contributed by atoms with Gasteiger partial charge in [0.25, 0.3) is 0 Å². The van der Waals surface area contributed by atoms with E-state index in [4.69, 9.17) is 0 Å². The van der Waals surface area contributed by atoms with E-state index in [1.54, 1.807) is 0 Å². The largest absolute Gasteiger partial charge is 0.462 e. The average molecular weight is 285 g/mol. The molecule has 0 saturated heterocycles. The van der Waals surface area contributed by atoms with Crippen LogP contribution in [-0.4, -0.2) is 27.3 Å². The quantitative estimate of drug-likeness (QED) is 0.813. The molecule has 8 heteroatoms. The van der Waals surface area contributed by atoms with Gasteiger partial charge in [-0.25, -0.2) is 9.48 Å². The molecule has 20 heavy (non-hydrogen) atoms. The lowest BCUT2D eigenvalue weighted by molar-refractivity contribution is -0.141. The SMILES string of the molecule is CCOC(=O)c1cn(-c2ccncc2)nc1C(F)(F)F. The van der Waals surface area contributed by atoms with Gasteiger partial charge in [0.15, 0.2) is 5.69 Å². The molecule has 0 aliphatic heterocycles. The third kappa shape index (κ3) is 2.79. The molecule has 0 aromatic carbocycles. The van der Waals surface area contributed by atoms with Crippen LogP contribution in [0.25, 0.3) is 5.69 Å². The van der Waals surface area contributed by atoms with Crippen molar-refractivity contribution in [1.82, 2.24) is 14.8 Å².